The van der Waals surface area contributed by atoms with Crippen molar-refractivity contribution in [1.29, 1.82) is 0 Å². The van der Waals surface area contributed by atoms with Gasteiger partial charge in [-0.05, 0) is 42.8 Å². The van der Waals surface area contributed by atoms with Gasteiger partial charge in [0, 0.05) is 16.6 Å². The molecule has 1 fully saturated rings. The number of thiophene rings is 1. The van der Waals surface area contributed by atoms with Crippen LogP contribution in [0, 0.1) is 5.92 Å². The molecule has 0 amide bonds. The maximum Gasteiger partial charge on any atom is 0.107 e. The van der Waals surface area contributed by atoms with Crippen LogP contribution in [0.25, 0.3) is 20.7 Å². The second-order valence-corrected chi connectivity index (χ2v) is 7.38. The van der Waals surface area contributed by atoms with Gasteiger partial charge in [0.1, 0.15) is 5.01 Å². The fourth-order valence-corrected chi connectivity index (χ4v) is 4.18. The number of aromatic nitrogens is 1. The second-order valence-electron chi connectivity index (χ2n) is 5.35. The van der Waals surface area contributed by atoms with Gasteiger partial charge < -0.3 is 5.32 Å². The highest BCUT2D eigenvalue weighted by atomic mass is 32.1. The van der Waals surface area contributed by atoms with Gasteiger partial charge in [-0.1, -0.05) is 18.2 Å². The van der Waals surface area contributed by atoms with Gasteiger partial charge in [0.2, 0.25) is 0 Å². The molecule has 4 heteroatoms. The maximum atomic E-state index is 4.76. The van der Waals surface area contributed by atoms with E-state index in [1.165, 1.54) is 32.8 Å². The monoisotopic (exact) mass is 300 g/mol. The van der Waals surface area contributed by atoms with Crippen LogP contribution in [0.3, 0.4) is 0 Å². The normalized spacial score (nSPS) is 15.0. The van der Waals surface area contributed by atoms with E-state index in [-0.39, 0.29) is 0 Å². The molecule has 1 aliphatic carbocycles. The number of hydrogen-bond donors (Lipinski definition) is 1. The number of rotatable bonds is 5. The minimum absolute atomic E-state index is 0.909. The molecule has 0 spiro atoms. The molecular weight excluding hydrogens is 284 g/mol. The van der Waals surface area contributed by atoms with Crippen molar-refractivity contribution < 1.29 is 0 Å². The van der Waals surface area contributed by atoms with Crippen molar-refractivity contribution in [2.24, 2.45) is 5.92 Å². The number of benzene rings is 1. The molecule has 1 aromatic carbocycles. The first-order valence-electron chi connectivity index (χ1n) is 7.02. The second kappa shape index (κ2) is 5.28. The summed E-state index contributed by atoms with van der Waals surface area (Å²) in [5.41, 5.74) is 1.12. The molecule has 20 heavy (non-hydrogen) atoms. The molecule has 0 saturated heterocycles. The first-order chi connectivity index (χ1) is 9.88. The van der Waals surface area contributed by atoms with E-state index < -0.39 is 0 Å². The molecule has 1 aliphatic rings. The minimum atomic E-state index is 0.909. The van der Waals surface area contributed by atoms with Crippen LogP contribution in [0.15, 0.2) is 35.7 Å². The van der Waals surface area contributed by atoms with Crippen molar-refractivity contribution in [2.45, 2.75) is 19.4 Å². The Labute approximate surface area is 126 Å². The number of thiazole rings is 1. The molecule has 3 aromatic rings. The van der Waals surface area contributed by atoms with E-state index in [1.807, 2.05) is 11.3 Å². The Morgan fingerprint density at radius 1 is 1.25 bits per heavy atom. The maximum absolute atomic E-state index is 4.76. The summed E-state index contributed by atoms with van der Waals surface area (Å²) in [6.45, 7) is 2.06. The van der Waals surface area contributed by atoms with E-state index >= 15 is 0 Å². The third-order valence-electron chi connectivity index (χ3n) is 3.64. The molecule has 102 valence electrons. The van der Waals surface area contributed by atoms with Gasteiger partial charge in [0.05, 0.1) is 10.6 Å². The van der Waals surface area contributed by atoms with Crippen LogP contribution in [-0.4, -0.2) is 11.5 Å². The summed E-state index contributed by atoms with van der Waals surface area (Å²) in [7, 11) is 0. The Balaban J connectivity index is 1.51. The summed E-state index contributed by atoms with van der Waals surface area (Å²) in [4.78, 5) is 6.03. The summed E-state index contributed by atoms with van der Waals surface area (Å²) in [6.07, 6.45) is 2.80. The molecule has 4 rings (SSSR count). The Bertz CT molecular complexity index is 692. The van der Waals surface area contributed by atoms with Crippen molar-refractivity contribution in [1.82, 2.24) is 10.3 Å². The number of hydrogen-bond acceptors (Lipinski definition) is 4. The van der Waals surface area contributed by atoms with Gasteiger partial charge in [-0.3, -0.25) is 0 Å². The van der Waals surface area contributed by atoms with E-state index in [0.29, 0.717) is 0 Å². The van der Waals surface area contributed by atoms with Gasteiger partial charge >= 0.3 is 0 Å². The molecule has 0 radical (unpaired) electrons. The molecule has 1 saturated carbocycles. The van der Waals surface area contributed by atoms with Gasteiger partial charge in [-0.15, -0.1) is 22.7 Å². The van der Waals surface area contributed by atoms with E-state index in [2.05, 4.69) is 41.0 Å². The van der Waals surface area contributed by atoms with Crippen molar-refractivity contribution >= 4 is 32.8 Å². The average Bonchev–Trinajstić information content (AvgIpc) is 3.01. The lowest BCUT2D eigenvalue weighted by atomic mass is 10.2. The highest BCUT2D eigenvalue weighted by Gasteiger charge is 2.20. The molecule has 0 bridgehead atoms. The fraction of sp³-hybridized carbons (Fsp3) is 0.312. The predicted molar refractivity (Wildman–Crippen MR) is 87.4 cm³/mol. The van der Waals surface area contributed by atoms with Crippen molar-refractivity contribution in [3.63, 3.8) is 0 Å². The zero-order chi connectivity index (χ0) is 13.4. The van der Waals surface area contributed by atoms with E-state index in [4.69, 9.17) is 4.98 Å². The standard InChI is InChI=1S/C16H16N2S2/c1-2-4-14-12(3-1)7-15(20-14)13-10-19-16(18-13)9-17-8-11-5-6-11/h1-4,7,10-11,17H,5-6,8-9H2. The van der Waals surface area contributed by atoms with Crippen LogP contribution in [0.1, 0.15) is 17.8 Å². The van der Waals surface area contributed by atoms with Gasteiger partial charge in [-0.2, -0.15) is 0 Å². The Morgan fingerprint density at radius 3 is 3.00 bits per heavy atom. The van der Waals surface area contributed by atoms with Crippen LogP contribution in [0.5, 0.6) is 0 Å². The summed E-state index contributed by atoms with van der Waals surface area (Å²) >= 11 is 3.59. The third kappa shape index (κ3) is 2.64. The van der Waals surface area contributed by atoms with Crippen molar-refractivity contribution in [2.75, 3.05) is 6.54 Å². The van der Waals surface area contributed by atoms with Crippen molar-refractivity contribution in [3.05, 3.63) is 40.7 Å². The first kappa shape index (κ1) is 12.5. The average molecular weight is 300 g/mol. The molecule has 2 aromatic heterocycles. The van der Waals surface area contributed by atoms with Crippen LogP contribution >= 0.6 is 22.7 Å². The van der Waals surface area contributed by atoms with Crippen molar-refractivity contribution in [3.8, 4) is 10.6 Å². The summed E-state index contributed by atoms with van der Waals surface area (Å²) in [5, 5.41) is 8.19. The van der Waals surface area contributed by atoms with Gasteiger partial charge in [0.25, 0.3) is 0 Å². The smallest absolute Gasteiger partial charge is 0.107 e. The SMILES string of the molecule is c1ccc2sc(-c3csc(CNCC4CC4)n3)cc2c1. The zero-order valence-corrected chi connectivity index (χ0v) is 12.8. The Morgan fingerprint density at radius 2 is 2.15 bits per heavy atom. The molecule has 0 aliphatic heterocycles. The molecule has 1 N–H and O–H groups in total. The van der Waals surface area contributed by atoms with Crippen LogP contribution in [-0.2, 0) is 6.54 Å². The number of nitrogens with one attached hydrogen (secondary N) is 1. The molecule has 0 atom stereocenters. The van der Waals surface area contributed by atoms with Crippen LogP contribution in [0.4, 0.5) is 0 Å². The third-order valence-corrected chi connectivity index (χ3v) is 5.62. The molecule has 2 nitrogen and oxygen atoms in total. The quantitative estimate of drug-likeness (QED) is 0.749. The first-order valence-corrected chi connectivity index (χ1v) is 8.72. The summed E-state index contributed by atoms with van der Waals surface area (Å²) < 4.78 is 1.34. The van der Waals surface area contributed by atoms with E-state index in [1.54, 1.807) is 11.3 Å². The lowest BCUT2D eigenvalue weighted by molar-refractivity contribution is 0.637. The zero-order valence-electron chi connectivity index (χ0n) is 11.1. The Hall–Kier alpha value is -1.23. The summed E-state index contributed by atoms with van der Waals surface area (Å²) in [5.74, 6) is 0.928. The van der Waals surface area contributed by atoms with E-state index in [0.717, 1.165) is 24.7 Å². The topological polar surface area (TPSA) is 24.9 Å². The lowest BCUT2D eigenvalue weighted by Gasteiger charge is -1.98. The van der Waals surface area contributed by atoms with Crippen LogP contribution in [0.2, 0.25) is 0 Å². The van der Waals surface area contributed by atoms with Crippen LogP contribution < -0.4 is 5.32 Å². The molecule has 0 unspecified atom stereocenters. The van der Waals surface area contributed by atoms with E-state index in [9.17, 15) is 0 Å². The highest BCUT2D eigenvalue weighted by molar-refractivity contribution is 7.22. The van der Waals surface area contributed by atoms with Gasteiger partial charge in [0.15, 0.2) is 0 Å². The molecule has 2 heterocycles. The van der Waals surface area contributed by atoms with Gasteiger partial charge in [-0.25, -0.2) is 4.98 Å². The fourth-order valence-electron chi connectivity index (χ4n) is 2.32. The number of fused-ring (bicyclic) bond motifs is 1. The minimum Gasteiger partial charge on any atom is -0.310 e. The highest BCUT2D eigenvalue weighted by Crippen LogP contribution is 2.34. The Kier molecular flexibility index (Phi) is 3.30. The number of nitrogens with zero attached hydrogens (tertiary/aromatic N) is 1. The lowest BCUT2D eigenvalue weighted by Crippen LogP contribution is -2.15. The summed E-state index contributed by atoms with van der Waals surface area (Å²) in [6, 6.07) is 10.8. The molecular formula is C16H16N2S2. The predicted octanol–water partition coefficient (Wildman–Crippen LogP) is 4.52. The largest absolute Gasteiger partial charge is 0.310 e.